The summed E-state index contributed by atoms with van der Waals surface area (Å²) in [5.41, 5.74) is 4.15. The van der Waals surface area contributed by atoms with Crippen LogP contribution in [0.4, 0.5) is 0 Å². The first-order chi connectivity index (χ1) is 7.45. The molecule has 0 aromatic heterocycles. The van der Waals surface area contributed by atoms with Crippen molar-refractivity contribution in [2.24, 2.45) is 0 Å². The third kappa shape index (κ3) is 1.39. The van der Waals surface area contributed by atoms with E-state index in [0.717, 1.165) is 0 Å². The highest BCUT2D eigenvalue weighted by Crippen LogP contribution is 2.34. The standard InChI is InChI=1S/C15H12/c1-2-6-12(7-3-1)15-11-10-13-8-4-5-9-14(13)15/h1-11,15H/t15-/m1/s1. The molecule has 0 unspecified atom stereocenters. The summed E-state index contributed by atoms with van der Waals surface area (Å²) in [6.45, 7) is 0. The number of allylic oxidation sites excluding steroid dienone is 1. The Labute approximate surface area is 89.9 Å². The third-order valence-corrected chi connectivity index (χ3v) is 2.96. The van der Waals surface area contributed by atoms with Gasteiger partial charge in [-0.15, -0.1) is 0 Å². The second-order valence-electron chi connectivity index (χ2n) is 3.88. The first kappa shape index (κ1) is 8.49. The van der Waals surface area contributed by atoms with E-state index in [1.165, 1.54) is 16.7 Å². The van der Waals surface area contributed by atoms with Crippen LogP contribution in [0.25, 0.3) is 6.08 Å². The zero-order chi connectivity index (χ0) is 10.1. The summed E-state index contributed by atoms with van der Waals surface area (Å²) < 4.78 is 0. The van der Waals surface area contributed by atoms with Crippen molar-refractivity contribution in [1.82, 2.24) is 0 Å². The minimum atomic E-state index is 0.447. The molecule has 2 aromatic rings. The molecule has 0 saturated carbocycles. The molecule has 0 fully saturated rings. The van der Waals surface area contributed by atoms with E-state index in [1.54, 1.807) is 0 Å². The Balaban J connectivity index is 2.09. The van der Waals surface area contributed by atoms with E-state index in [4.69, 9.17) is 0 Å². The fourth-order valence-electron chi connectivity index (χ4n) is 2.20. The van der Waals surface area contributed by atoms with Gasteiger partial charge in [-0.25, -0.2) is 0 Å². The highest BCUT2D eigenvalue weighted by molar-refractivity contribution is 5.65. The quantitative estimate of drug-likeness (QED) is 0.644. The lowest BCUT2D eigenvalue weighted by Gasteiger charge is -2.10. The van der Waals surface area contributed by atoms with Crippen LogP contribution >= 0.6 is 0 Å². The smallest absolute Gasteiger partial charge is 0.0278 e. The molecular weight excluding hydrogens is 180 g/mol. The van der Waals surface area contributed by atoms with Crippen LogP contribution in [-0.4, -0.2) is 0 Å². The summed E-state index contributed by atoms with van der Waals surface area (Å²) in [7, 11) is 0. The predicted octanol–water partition coefficient (Wildman–Crippen LogP) is 3.85. The largest absolute Gasteiger partial charge is 0.0720 e. The van der Waals surface area contributed by atoms with Crippen molar-refractivity contribution in [3.05, 3.63) is 77.4 Å². The Morgan fingerprint density at radius 1 is 0.733 bits per heavy atom. The summed E-state index contributed by atoms with van der Waals surface area (Å²) >= 11 is 0. The maximum Gasteiger partial charge on any atom is 0.0278 e. The van der Waals surface area contributed by atoms with E-state index in [-0.39, 0.29) is 0 Å². The topological polar surface area (TPSA) is 0 Å². The Bertz CT molecular complexity index is 494. The molecule has 0 amide bonds. The maximum absolute atomic E-state index is 2.28. The van der Waals surface area contributed by atoms with Gasteiger partial charge in [-0.2, -0.15) is 0 Å². The van der Waals surface area contributed by atoms with Crippen molar-refractivity contribution < 1.29 is 0 Å². The Morgan fingerprint density at radius 3 is 2.33 bits per heavy atom. The molecule has 1 atom stereocenters. The SMILES string of the molecule is C1=C[C@H](c2ccccc2)c2ccccc21. The number of hydrogen-bond donors (Lipinski definition) is 0. The molecule has 0 nitrogen and oxygen atoms in total. The number of fused-ring (bicyclic) bond motifs is 1. The molecule has 1 aliphatic carbocycles. The summed E-state index contributed by atoms with van der Waals surface area (Å²) in [6, 6.07) is 19.2. The van der Waals surface area contributed by atoms with Gasteiger partial charge in [-0.3, -0.25) is 0 Å². The summed E-state index contributed by atoms with van der Waals surface area (Å²) in [5.74, 6) is 0.447. The molecule has 0 radical (unpaired) electrons. The van der Waals surface area contributed by atoms with Crippen molar-refractivity contribution in [3.63, 3.8) is 0 Å². The van der Waals surface area contributed by atoms with Crippen molar-refractivity contribution in [3.8, 4) is 0 Å². The van der Waals surface area contributed by atoms with Gasteiger partial charge in [-0.05, 0) is 16.7 Å². The molecule has 0 aliphatic heterocycles. The maximum atomic E-state index is 2.28. The van der Waals surface area contributed by atoms with Crippen LogP contribution in [0.1, 0.15) is 22.6 Å². The van der Waals surface area contributed by atoms with Crippen LogP contribution in [0.3, 0.4) is 0 Å². The molecule has 1 aliphatic rings. The monoisotopic (exact) mass is 192 g/mol. The first-order valence-electron chi connectivity index (χ1n) is 5.27. The molecular formula is C15H12. The van der Waals surface area contributed by atoms with Crippen LogP contribution in [0.2, 0.25) is 0 Å². The summed E-state index contributed by atoms with van der Waals surface area (Å²) in [6.07, 6.45) is 4.49. The van der Waals surface area contributed by atoms with Crippen molar-refractivity contribution in [2.45, 2.75) is 5.92 Å². The molecule has 0 heterocycles. The van der Waals surface area contributed by atoms with E-state index in [1.807, 2.05) is 0 Å². The van der Waals surface area contributed by atoms with Crippen molar-refractivity contribution >= 4 is 6.08 Å². The van der Waals surface area contributed by atoms with Gasteiger partial charge in [0.2, 0.25) is 0 Å². The highest BCUT2D eigenvalue weighted by atomic mass is 14.2. The lowest BCUT2D eigenvalue weighted by Crippen LogP contribution is -1.94. The van der Waals surface area contributed by atoms with Gasteiger partial charge >= 0.3 is 0 Å². The average Bonchev–Trinajstić information content (AvgIpc) is 2.74. The Morgan fingerprint density at radius 2 is 1.47 bits per heavy atom. The van der Waals surface area contributed by atoms with E-state index < -0.39 is 0 Å². The van der Waals surface area contributed by atoms with Gasteiger partial charge in [0.1, 0.15) is 0 Å². The molecule has 0 spiro atoms. The first-order valence-corrected chi connectivity index (χ1v) is 5.27. The van der Waals surface area contributed by atoms with Gasteiger partial charge in [0.05, 0.1) is 0 Å². The van der Waals surface area contributed by atoms with Gasteiger partial charge in [0.15, 0.2) is 0 Å². The van der Waals surface area contributed by atoms with E-state index in [2.05, 4.69) is 66.7 Å². The third-order valence-electron chi connectivity index (χ3n) is 2.96. The number of rotatable bonds is 1. The van der Waals surface area contributed by atoms with Crippen LogP contribution in [0.5, 0.6) is 0 Å². The number of hydrogen-bond acceptors (Lipinski definition) is 0. The fourth-order valence-corrected chi connectivity index (χ4v) is 2.20. The highest BCUT2D eigenvalue weighted by Gasteiger charge is 2.17. The molecule has 15 heavy (non-hydrogen) atoms. The van der Waals surface area contributed by atoms with Gasteiger partial charge in [0.25, 0.3) is 0 Å². The Hall–Kier alpha value is -1.82. The Kier molecular flexibility index (Phi) is 1.92. The number of benzene rings is 2. The van der Waals surface area contributed by atoms with Gasteiger partial charge in [-0.1, -0.05) is 66.7 Å². The summed E-state index contributed by atoms with van der Waals surface area (Å²) in [5, 5.41) is 0. The second kappa shape index (κ2) is 3.39. The average molecular weight is 192 g/mol. The van der Waals surface area contributed by atoms with Crippen LogP contribution in [0.15, 0.2) is 60.7 Å². The fraction of sp³-hybridized carbons (Fsp3) is 0.0667. The minimum Gasteiger partial charge on any atom is -0.0720 e. The van der Waals surface area contributed by atoms with Gasteiger partial charge < -0.3 is 0 Å². The van der Waals surface area contributed by atoms with Crippen LogP contribution in [0, 0.1) is 0 Å². The van der Waals surface area contributed by atoms with E-state index in [9.17, 15) is 0 Å². The molecule has 0 saturated heterocycles. The van der Waals surface area contributed by atoms with Crippen LogP contribution < -0.4 is 0 Å². The molecule has 0 heteroatoms. The molecule has 0 bridgehead atoms. The van der Waals surface area contributed by atoms with E-state index in [0.29, 0.717) is 5.92 Å². The van der Waals surface area contributed by atoms with Crippen molar-refractivity contribution in [2.75, 3.05) is 0 Å². The minimum absolute atomic E-state index is 0.447. The zero-order valence-corrected chi connectivity index (χ0v) is 8.43. The predicted molar refractivity (Wildman–Crippen MR) is 63.8 cm³/mol. The van der Waals surface area contributed by atoms with Gasteiger partial charge in [0, 0.05) is 5.92 Å². The second-order valence-corrected chi connectivity index (χ2v) is 3.88. The molecule has 72 valence electrons. The molecule has 0 N–H and O–H groups in total. The lowest BCUT2D eigenvalue weighted by molar-refractivity contribution is 1.05. The normalized spacial score (nSPS) is 17.7. The van der Waals surface area contributed by atoms with E-state index >= 15 is 0 Å². The zero-order valence-electron chi connectivity index (χ0n) is 8.43. The lowest BCUT2D eigenvalue weighted by atomic mass is 9.93. The van der Waals surface area contributed by atoms with Crippen molar-refractivity contribution in [1.29, 1.82) is 0 Å². The molecule has 3 rings (SSSR count). The summed E-state index contributed by atoms with van der Waals surface area (Å²) in [4.78, 5) is 0. The van der Waals surface area contributed by atoms with Crippen LogP contribution in [-0.2, 0) is 0 Å². The molecule has 2 aromatic carbocycles.